The topological polar surface area (TPSA) is 130 Å². The number of aromatic nitrogens is 2. The summed E-state index contributed by atoms with van der Waals surface area (Å²) in [6.45, 7) is 3.06. The minimum absolute atomic E-state index is 0.000915. The second-order valence-electron chi connectivity index (χ2n) is 7.77. The second kappa shape index (κ2) is 13.8. The maximum Gasteiger partial charge on any atom is 0.329 e. The van der Waals surface area contributed by atoms with E-state index in [1.54, 1.807) is 19.2 Å². The molecule has 2 aromatic rings. The number of piperidine rings is 1. The first-order chi connectivity index (χ1) is 17.0. The van der Waals surface area contributed by atoms with E-state index in [4.69, 9.17) is 24.1 Å². The third-order valence-corrected chi connectivity index (χ3v) is 5.37. The van der Waals surface area contributed by atoms with E-state index in [0.717, 1.165) is 0 Å². The molecular weight excluding hydrogens is 458 g/mol. The van der Waals surface area contributed by atoms with Crippen molar-refractivity contribution in [2.75, 3.05) is 59.5 Å². The van der Waals surface area contributed by atoms with E-state index in [1.165, 1.54) is 9.13 Å². The second-order valence-corrected chi connectivity index (χ2v) is 7.77. The molecule has 3 rings (SSSR count). The minimum atomic E-state index is -0.736. The molecule has 1 aromatic carbocycles. The Balaban J connectivity index is 1.48. The summed E-state index contributed by atoms with van der Waals surface area (Å²) >= 11 is 0. The summed E-state index contributed by atoms with van der Waals surface area (Å²) in [7, 11) is 1.64. The lowest BCUT2D eigenvalue weighted by atomic mass is 10.1. The van der Waals surface area contributed by atoms with Crippen molar-refractivity contribution in [2.45, 2.75) is 18.9 Å². The smallest absolute Gasteiger partial charge is 0.329 e. The number of para-hydroxylation sites is 1. The molecule has 1 aromatic heterocycles. The number of nitrogens with zero attached hydrogens (tertiary/aromatic N) is 2. The fourth-order valence-corrected chi connectivity index (χ4v) is 3.75. The van der Waals surface area contributed by atoms with Crippen LogP contribution in [-0.2, 0) is 35.6 Å². The number of hydrogen-bond acceptors (Lipinski definition) is 8. The van der Waals surface area contributed by atoms with Crippen LogP contribution < -0.4 is 11.0 Å². The lowest BCUT2D eigenvalue weighted by Crippen LogP contribution is -2.44. The number of rotatable bonds is 13. The van der Waals surface area contributed by atoms with Gasteiger partial charge in [0, 0.05) is 13.5 Å². The van der Waals surface area contributed by atoms with Crippen LogP contribution in [0, 0.1) is 11.8 Å². The first-order valence-corrected chi connectivity index (χ1v) is 11.5. The molecule has 2 amide bonds. The molecule has 1 aliphatic heterocycles. The highest BCUT2D eigenvalue weighted by Gasteiger charge is 2.31. The van der Waals surface area contributed by atoms with E-state index in [0.29, 0.717) is 62.8 Å². The van der Waals surface area contributed by atoms with Gasteiger partial charge in [0.05, 0.1) is 69.5 Å². The molecule has 1 saturated heterocycles. The number of fused-ring (bicyclic) bond motifs is 1. The van der Waals surface area contributed by atoms with E-state index in [-0.39, 0.29) is 37.7 Å². The minimum Gasteiger partial charge on any atom is -0.394 e. The number of imide groups is 1. The summed E-state index contributed by atoms with van der Waals surface area (Å²) in [5, 5.41) is 10.9. The van der Waals surface area contributed by atoms with Gasteiger partial charge >= 0.3 is 5.69 Å². The van der Waals surface area contributed by atoms with Gasteiger partial charge < -0.3 is 24.1 Å². The van der Waals surface area contributed by atoms with Crippen molar-refractivity contribution < 1.29 is 33.6 Å². The lowest BCUT2D eigenvalue weighted by Gasteiger charge is -2.21. The van der Waals surface area contributed by atoms with E-state index in [1.807, 2.05) is 6.07 Å². The molecule has 11 heteroatoms. The standard InChI is InChI=1S/C24H31N3O8/c1-26-22-18(5-3-10-32-12-14-34-16-17-35-15-13-33-11-9-28)4-2-6-19(22)27(24(26)31)20-7-8-21(29)25-23(20)30/h2,4,6,20,28H,7-17H2,1H3,(H,25,29,30). The van der Waals surface area contributed by atoms with E-state index in [9.17, 15) is 14.4 Å². The summed E-state index contributed by atoms with van der Waals surface area (Å²) in [6.07, 6.45) is 0.466. The van der Waals surface area contributed by atoms with Crippen LogP contribution >= 0.6 is 0 Å². The number of aliphatic hydroxyl groups excluding tert-OH is 1. The van der Waals surface area contributed by atoms with Crippen LogP contribution in [0.2, 0.25) is 0 Å². The van der Waals surface area contributed by atoms with Crippen LogP contribution in [-0.4, -0.2) is 85.5 Å². The zero-order valence-corrected chi connectivity index (χ0v) is 19.8. The normalized spacial score (nSPS) is 15.8. The number of amides is 2. The lowest BCUT2D eigenvalue weighted by molar-refractivity contribution is -0.135. The highest BCUT2D eigenvalue weighted by atomic mass is 16.6. The molecule has 0 spiro atoms. The Bertz CT molecular complexity index is 1130. The molecule has 1 unspecified atom stereocenters. The van der Waals surface area contributed by atoms with Gasteiger partial charge in [-0.25, -0.2) is 4.79 Å². The van der Waals surface area contributed by atoms with Crippen molar-refractivity contribution in [3.8, 4) is 11.8 Å². The monoisotopic (exact) mass is 489 g/mol. The Morgan fingerprint density at radius 2 is 1.66 bits per heavy atom. The largest absolute Gasteiger partial charge is 0.394 e. The van der Waals surface area contributed by atoms with Gasteiger partial charge in [-0.3, -0.25) is 24.0 Å². The molecule has 2 heterocycles. The molecule has 190 valence electrons. The molecular formula is C24H31N3O8. The van der Waals surface area contributed by atoms with Gasteiger partial charge in [0.25, 0.3) is 0 Å². The SMILES string of the molecule is Cn1c(=O)n(C2CCC(=O)NC2=O)c2cccc(C#CCOCCOCCOCCOCCO)c21. The number of imidazole rings is 1. The molecule has 1 aliphatic rings. The van der Waals surface area contributed by atoms with Crippen molar-refractivity contribution in [2.24, 2.45) is 7.05 Å². The predicted octanol–water partition coefficient (Wildman–Crippen LogP) is -0.272. The maximum absolute atomic E-state index is 12.9. The summed E-state index contributed by atoms with van der Waals surface area (Å²) in [6, 6.07) is 4.62. The summed E-state index contributed by atoms with van der Waals surface area (Å²) < 4.78 is 24.2. The van der Waals surface area contributed by atoms with Gasteiger partial charge in [0.15, 0.2) is 0 Å². The molecule has 1 fully saturated rings. The Morgan fingerprint density at radius 1 is 1.00 bits per heavy atom. The summed E-state index contributed by atoms with van der Waals surface area (Å²) in [5.74, 6) is 5.19. The molecule has 11 nitrogen and oxygen atoms in total. The molecule has 0 radical (unpaired) electrons. The molecule has 35 heavy (non-hydrogen) atoms. The Hall–Kier alpha value is -3.01. The molecule has 2 N–H and O–H groups in total. The van der Waals surface area contributed by atoms with Crippen LogP contribution in [0.25, 0.3) is 11.0 Å². The molecule has 1 atom stereocenters. The fraction of sp³-hybridized carbons (Fsp3) is 0.542. The van der Waals surface area contributed by atoms with Crippen molar-refractivity contribution in [3.63, 3.8) is 0 Å². The van der Waals surface area contributed by atoms with Crippen LogP contribution in [0.4, 0.5) is 0 Å². The Labute approximate surface area is 202 Å². The van der Waals surface area contributed by atoms with Crippen LogP contribution in [0.15, 0.2) is 23.0 Å². The van der Waals surface area contributed by atoms with Crippen molar-refractivity contribution in [1.82, 2.24) is 14.5 Å². The van der Waals surface area contributed by atoms with Gasteiger partial charge in [-0.1, -0.05) is 17.9 Å². The number of aryl methyl sites for hydroxylation is 1. The van der Waals surface area contributed by atoms with Crippen molar-refractivity contribution in [1.29, 1.82) is 0 Å². The number of ether oxygens (including phenoxy) is 4. The Kier molecular flexibility index (Phi) is 10.5. The molecule has 0 aliphatic carbocycles. The first-order valence-electron chi connectivity index (χ1n) is 11.5. The predicted molar refractivity (Wildman–Crippen MR) is 126 cm³/mol. The van der Waals surface area contributed by atoms with E-state index in [2.05, 4.69) is 17.2 Å². The average Bonchev–Trinajstić information content (AvgIpc) is 3.10. The zero-order chi connectivity index (χ0) is 25.0. The zero-order valence-electron chi connectivity index (χ0n) is 19.8. The summed E-state index contributed by atoms with van der Waals surface area (Å²) in [5.41, 5.74) is 1.53. The van der Waals surface area contributed by atoms with Crippen LogP contribution in [0.1, 0.15) is 24.4 Å². The number of carbonyl (C=O) groups is 2. The number of benzene rings is 1. The summed E-state index contributed by atoms with van der Waals surface area (Å²) in [4.78, 5) is 36.7. The van der Waals surface area contributed by atoms with Crippen molar-refractivity contribution >= 4 is 22.8 Å². The molecule has 0 bridgehead atoms. The van der Waals surface area contributed by atoms with Gasteiger partial charge in [-0.05, 0) is 18.6 Å². The van der Waals surface area contributed by atoms with Gasteiger partial charge in [0.2, 0.25) is 11.8 Å². The molecule has 0 saturated carbocycles. The maximum atomic E-state index is 12.9. The van der Waals surface area contributed by atoms with Crippen LogP contribution in [0.5, 0.6) is 0 Å². The van der Waals surface area contributed by atoms with Crippen LogP contribution in [0.3, 0.4) is 0 Å². The highest BCUT2D eigenvalue weighted by molar-refractivity contribution is 6.00. The van der Waals surface area contributed by atoms with Gasteiger partial charge in [-0.15, -0.1) is 0 Å². The quantitative estimate of drug-likeness (QED) is 0.223. The fourth-order valence-electron chi connectivity index (χ4n) is 3.75. The number of hydrogen-bond donors (Lipinski definition) is 2. The van der Waals surface area contributed by atoms with Gasteiger partial charge in [0.1, 0.15) is 12.6 Å². The van der Waals surface area contributed by atoms with E-state index < -0.39 is 11.9 Å². The number of nitrogens with one attached hydrogen (secondary N) is 1. The number of aliphatic hydroxyl groups is 1. The van der Waals surface area contributed by atoms with E-state index >= 15 is 0 Å². The van der Waals surface area contributed by atoms with Crippen molar-refractivity contribution in [3.05, 3.63) is 34.2 Å². The Morgan fingerprint density at radius 3 is 2.31 bits per heavy atom. The third kappa shape index (κ3) is 7.24. The average molecular weight is 490 g/mol. The highest BCUT2D eigenvalue weighted by Crippen LogP contribution is 2.24. The van der Waals surface area contributed by atoms with Gasteiger partial charge in [-0.2, -0.15) is 0 Å². The third-order valence-electron chi connectivity index (χ3n) is 5.37. The number of carbonyl (C=O) groups excluding carboxylic acids is 2. The first kappa shape index (κ1) is 26.6.